The Morgan fingerprint density at radius 1 is 1.55 bits per heavy atom. The zero-order valence-corrected chi connectivity index (χ0v) is 14.4. The number of nitrogens with zero attached hydrogens (tertiary/aromatic N) is 3. The fraction of sp³-hybridized carbons (Fsp3) is 0.667. The standard InChI is InChI=1S/C15H24N4O2S/c1-15(2,3)21-14(20)19-9-5-6-11(19)10-17-12-7-8-16-13(18-12)22-4/h7-8,11H,5-6,9-10H2,1-4H3,(H,16,17,18)/t11-/m1/s1. The highest BCUT2D eigenvalue weighted by Crippen LogP contribution is 2.21. The normalized spacial score (nSPS) is 18.4. The van der Waals surface area contributed by atoms with Crippen LogP contribution in [0.15, 0.2) is 17.4 Å². The summed E-state index contributed by atoms with van der Waals surface area (Å²) in [6.07, 6.45) is 5.43. The molecule has 0 aromatic carbocycles. The number of anilines is 1. The highest BCUT2D eigenvalue weighted by Gasteiger charge is 2.31. The molecule has 2 rings (SSSR count). The second-order valence-electron chi connectivity index (χ2n) is 6.28. The zero-order chi connectivity index (χ0) is 16.2. The van der Waals surface area contributed by atoms with E-state index in [1.54, 1.807) is 6.20 Å². The van der Waals surface area contributed by atoms with Gasteiger partial charge in [-0.2, -0.15) is 0 Å². The maximum Gasteiger partial charge on any atom is 0.410 e. The Morgan fingerprint density at radius 3 is 3.00 bits per heavy atom. The molecule has 0 aliphatic carbocycles. The maximum absolute atomic E-state index is 12.2. The van der Waals surface area contributed by atoms with Gasteiger partial charge in [-0.1, -0.05) is 11.8 Å². The summed E-state index contributed by atoms with van der Waals surface area (Å²) in [5, 5.41) is 4.03. The minimum Gasteiger partial charge on any atom is -0.444 e. The number of amides is 1. The van der Waals surface area contributed by atoms with Gasteiger partial charge < -0.3 is 15.0 Å². The monoisotopic (exact) mass is 324 g/mol. The van der Waals surface area contributed by atoms with Gasteiger partial charge in [0, 0.05) is 19.3 Å². The van der Waals surface area contributed by atoms with Gasteiger partial charge in [0.2, 0.25) is 0 Å². The largest absolute Gasteiger partial charge is 0.444 e. The average Bonchev–Trinajstić information content (AvgIpc) is 2.92. The summed E-state index contributed by atoms with van der Waals surface area (Å²) in [4.78, 5) is 22.6. The third-order valence-electron chi connectivity index (χ3n) is 3.34. The predicted molar refractivity (Wildman–Crippen MR) is 88.3 cm³/mol. The van der Waals surface area contributed by atoms with Crippen molar-refractivity contribution < 1.29 is 9.53 Å². The van der Waals surface area contributed by atoms with Gasteiger partial charge in [0.05, 0.1) is 6.04 Å². The molecule has 0 bridgehead atoms. The van der Waals surface area contributed by atoms with E-state index >= 15 is 0 Å². The first-order valence-corrected chi connectivity index (χ1v) is 8.72. The molecule has 22 heavy (non-hydrogen) atoms. The summed E-state index contributed by atoms with van der Waals surface area (Å²) in [6.45, 7) is 7.09. The lowest BCUT2D eigenvalue weighted by Gasteiger charge is -2.28. The van der Waals surface area contributed by atoms with E-state index in [1.807, 2.05) is 38.0 Å². The lowest BCUT2D eigenvalue weighted by atomic mass is 10.2. The quantitative estimate of drug-likeness (QED) is 0.678. The van der Waals surface area contributed by atoms with Crippen LogP contribution in [-0.2, 0) is 4.74 Å². The number of thioether (sulfide) groups is 1. The van der Waals surface area contributed by atoms with Crippen molar-refractivity contribution in [1.82, 2.24) is 14.9 Å². The molecule has 7 heteroatoms. The van der Waals surface area contributed by atoms with E-state index in [4.69, 9.17) is 4.74 Å². The lowest BCUT2D eigenvalue weighted by Crippen LogP contribution is -2.42. The van der Waals surface area contributed by atoms with Crippen molar-refractivity contribution >= 4 is 23.7 Å². The molecular formula is C15H24N4O2S. The summed E-state index contributed by atoms with van der Waals surface area (Å²) in [5.41, 5.74) is -0.461. The fourth-order valence-electron chi connectivity index (χ4n) is 2.37. The molecule has 1 fully saturated rings. The van der Waals surface area contributed by atoms with Crippen LogP contribution in [0.3, 0.4) is 0 Å². The van der Waals surface area contributed by atoms with Gasteiger partial charge in [0.25, 0.3) is 0 Å². The first kappa shape index (κ1) is 16.9. The molecule has 0 unspecified atom stereocenters. The molecular weight excluding hydrogens is 300 g/mol. The fourth-order valence-corrected chi connectivity index (χ4v) is 2.72. The Morgan fingerprint density at radius 2 is 2.32 bits per heavy atom. The van der Waals surface area contributed by atoms with E-state index < -0.39 is 5.60 Å². The number of likely N-dealkylation sites (tertiary alicyclic amines) is 1. The molecule has 0 saturated carbocycles. The maximum atomic E-state index is 12.2. The second-order valence-corrected chi connectivity index (χ2v) is 7.05. The van der Waals surface area contributed by atoms with E-state index in [9.17, 15) is 4.79 Å². The second kappa shape index (κ2) is 7.17. The van der Waals surface area contributed by atoms with Crippen LogP contribution in [0, 0.1) is 0 Å². The van der Waals surface area contributed by atoms with E-state index in [1.165, 1.54) is 11.8 Å². The van der Waals surface area contributed by atoms with Crippen LogP contribution < -0.4 is 5.32 Å². The van der Waals surface area contributed by atoms with E-state index in [0.29, 0.717) is 6.54 Å². The van der Waals surface area contributed by atoms with Gasteiger partial charge in [0.1, 0.15) is 11.4 Å². The van der Waals surface area contributed by atoms with Crippen LogP contribution >= 0.6 is 11.8 Å². The minimum absolute atomic E-state index is 0.141. The molecule has 1 atom stereocenters. The molecule has 0 spiro atoms. The van der Waals surface area contributed by atoms with Gasteiger partial charge in [-0.3, -0.25) is 0 Å². The number of hydrogen-bond acceptors (Lipinski definition) is 6. The number of ether oxygens (including phenoxy) is 1. The van der Waals surface area contributed by atoms with Crippen LogP contribution in [0.2, 0.25) is 0 Å². The zero-order valence-electron chi connectivity index (χ0n) is 13.6. The van der Waals surface area contributed by atoms with Crippen molar-refractivity contribution in [3.8, 4) is 0 Å². The van der Waals surface area contributed by atoms with Crippen LogP contribution in [-0.4, -0.2) is 51.9 Å². The molecule has 1 saturated heterocycles. The van der Waals surface area contributed by atoms with Crippen molar-refractivity contribution in [2.24, 2.45) is 0 Å². The number of carbonyl (C=O) groups is 1. The summed E-state index contributed by atoms with van der Waals surface area (Å²) in [7, 11) is 0. The smallest absolute Gasteiger partial charge is 0.410 e. The van der Waals surface area contributed by atoms with Crippen molar-refractivity contribution in [1.29, 1.82) is 0 Å². The van der Waals surface area contributed by atoms with Crippen molar-refractivity contribution in [3.63, 3.8) is 0 Å². The Balaban J connectivity index is 1.92. The predicted octanol–water partition coefficient (Wildman–Crippen LogP) is 3.01. The van der Waals surface area contributed by atoms with Gasteiger partial charge >= 0.3 is 6.09 Å². The summed E-state index contributed by atoms with van der Waals surface area (Å²) >= 11 is 1.51. The van der Waals surface area contributed by atoms with Crippen LogP contribution in [0.25, 0.3) is 0 Å². The van der Waals surface area contributed by atoms with Crippen LogP contribution in [0.4, 0.5) is 10.6 Å². The number of rotatable bonds is 4. The Kier molecular flexibility index (Phi) is 5.50. The molecule has 1 aliphatic rings. The third kappa shape index (κ3) is 4.76. The molecule has 1 N–H and O–H groups in total. The molecule has 0 radical (unpaired) electrons. The van der Waals surface area contributed by atoms with E-state index in [2.05, 4.69) is 15.3 Å². The van der Waals surface area contributed by atoms with Crippen LogP contribution in [0.5, 0.6) is 0 Å². The Hall–Kier alpha value is -1.50. The number of hydrogen-bond donors (Lipinski definition) is 1. The summed E-state index contributed by atoms with van der Waals surface area (Å²) in [5.74, 6) is 0.787. The molecule has 122 valence electrons. The SMILES string of the molecule is CSc1nccc(NC[C@H]2CCCN2C(=O)OC(C)(C)C)n1. The summed E-state index contributed by atoms with van der Waals surface area (Å²) in [6, 6.07) is 1.98. The summed E-state index contributed by atoms with van der Waals surface area (Å²) < 4.78 is 5.47. The molecule has 2 heterocycles. The van der Waals surface area contributed by atoms with Crippen molar-refractivity contribution in [2.45, 2.75) is 50.4 Å². The Bertz CT molecular complexity index is 519. The topological polar surface area (TPSA) is 67.4 Å². The van der Waals surface area contributed by atoms with Crippen molar-refractivity contribution in [3.05, 3.63) is 12.3 Å². The van der Waals surface area contributed by atoms with Gasteiger partial charge in [-0.25, -0.2) is 14.8 Å². The third-order valence-corrected chi connectivity index (χ3v) is 3.90. The molecule has 1 aliphatic heterocycles. The molecule has 1 amide bonds. The minimum atomic E-state index is -0.461. The van der Waals surface area contributed by atoms with E-state index in [-0.39, 0.29) is 12.1 Å². The first-order valence-electron chi connectivity index (χ1n) is 7.49. The van der Waals surface area contributed by atoms with Gasteiger partial charge in [0.15, 0.2) is 5.16 Å². The van der Waals surface area contributed by atoms with Gasteiger partial charge in [-0.15, -0.1) is 0 Å². The van der Waals surface area contributed by atoms with Crippen LogP contribution in [0.1, 0.15) is 33.6 Å². The number of aromatic nitrogens is 2. The van der Waals surface area contributed by atoms with E-state index in [0.717, 1.165) is 30.4 Å². The number of carbonyl (C=O) groups excluding carboxylic acids is 1. The number of nitrogens with one attached hydrogen (secondary N) is 1. The lowest BCUT2D eigenvalue weighted by molar-refractivity contribution is 0.0235. The molecule has 1 aromatic rings. The first-order chi connectivity index (χ1) is 10.4. The average molecular weight is 324 g/mol. The highest BCUT2D eigenvalue weighted by molar-refractivity contribution is 7.98. The van der Waals surface area contributed by atoms with Crippen molar-refractivity contribution in [2.75, 3.05) is 24.7 Å². The highest BCUT2D eigenvalue weighted by atomic mass is 32.2. The molecule has 1 aromatic heterocycles. The van der Waals surface area contributed by atoms with Gasteiger partial charge in [-0.05, 0) is 45.9 Å². The Labute approximate surface area is 136 Å². The molecule has 6 nitrogen and oxygen atoms in total.